The Balaban J connectivity index is 1.85. The Morgan fingerprint density at radius 2 is 1.57 bits per heavy atom. The zero-order chi connectivity index (χ0) is 15.2. The Morgan fingerprint density at radius 1 is 1.00 bits per heavy atom. The number of amides is 3. The summed E-state index contributed by atoms with van der Waals surface area (Å²) in [6.45, 7) is 1.92. The number of hydrogen-bond acceptors (Lipinski definition) is 4. The molecule has 1 aromatic rings. The molecule has 21 heavy (non-hydrogen) atoms. The first kappa shape index (κ1) is 15.0. The molecule has 7 nitrogen and oxygen atoms in total. The summed E-state index contributed by atoms with van der Waals surface area (Å²) in [6, 6.07) is 6.95. The van der Waals surface area contributed by atoms with Crippen molar-refractivity contribution in [3.63, 3.8) is 0 Å². The van der Waals surface area contributed by atoms with E-state index >= 15 is 0 Å². The first-order valence-corrected chi connectivity index (χ1v) is 6.67. The standard InChI is InChI=1S/C14H19N3O4/c1-20-12-5-3-11(4-6-12)15-13(18)16-7-9-17(10-8-16)14(19)21-2/h3-6H,7-10H2,1-2H3,(H,15,18). The van der Waals surface area contributed by atoms with Gasteiger partial charge in [0.25, 0.3) is 0 Å². The third-order valence-electron chi connectivity index (χ3n) is 3.34. The number of anilines is 1. The third kappa shape index (κ3) is 3.77. The lowest BCUT2D eigenvalue weighted by atomic mass is 10.3. The number of urea groups is 1. The van der Waals surface area contributed by atoms with Gasteiger partial charge >= 0.3 is 12.1 Å². The van der Waals surface area contributed by atoms with Crippen molar-refractivity contribution in [2.75, 3.05) is 45.7 Å². The summed E-state index contributed by atoms with van der Waals surface area (Å²) in [7, 11) is 2.94. The molecule has 0 aliphatic carbocycles. The van der Waals surface area contributed by atoms with E-state index in [1.54, 1.807) is 41.2 Å². The van der Waals surface area contributed by atoms with Crippen LogP contribution in [0.25, 0.3) is 0 Å². The number of benzene rings is 1. The molecule has 0 bridgehead atoms. The molecule has 1 aromatic carbocycles. The summed E-state index contributed by atoms with van der Waals surface area (Å²) in [6.07, 6.45) is -0.356. The number of methoxy groups -OCH3 is 2. The zero-order valence-corrected chi connectivity index (χ0v) is 12.2. The van der Waals surface area contributed by atoms with Crippen molar-refractivity contribution < 1.29 is 19.1 Å². The molecule has 1 fully saturated rings. The van der Waals surface area contributed by atoms with Gasteiger partial charge in [-0.05, 0) is 24.3 Å². The van der Waals surface area contributed by atoms with Crippen molar-refractivity contribution in [3.05, 3.63) is 24.3 Å². The van der Waals surface area contributed by atoms with Gasteiger partial charge in [0.1, 0.15) is 5.75 Å². The van der Waals surface area contributed by atoms with Gasteiger partial charge < -0.3 is 24.6 Å². The largest absolute Gasteiger partial charge is 0.497 e. The van der Waals surface area contributed by atoms with Gasteiger partial charge in [-0.2, -0.15) is 0 Å². The van der Waals surface area contributed by atoms with Crippen LogP contribution in [0.2, 0.25) is 0 Å². The predicted octanol–water partition coefficient (Wildman–Crippen LogP) is 1.61. The minimum Gasteiger partial charge on any atom is -0.497 e. The number of rotatable bonds is 2. The molecule has 0 radical (unpaired) electrons. The quantitative estimate of drug-likeness (QED) is 0.899. The molecule has 1 aliphatic heterocycles. The SMILES string of the molecule is COC(=O)N1CCN(C(=O)Nc2ccc(OC)cc2)CC1. The number of carbonyl (C=O) groups is 2. The molecule has 1 heterocycles. The highest BCUT2D eigenvalue weighted by Crippen LogP contribution is 2.15. The van der Waals surface area contributed by atoms with E-state index in [0.29, 0.717) is 31.9 Å². The molecule has 1 N–H and O–H groups in total. The van der Waals surface area contributed by atoms with Gasteiger partial charge in [0.15, 0.2) is 0 Å². The van der Waals surface area contributed by atoms with Crippen molar-refractivity contribution in [2.45, 2.75) is 0 Å². The van der Waals surface area contributed by atoms with E-state index in [9.17, 15) is 9.59 Å². The molecule has 7 heteroatoms. The summed E-state index contributed by atoms with van der Waals surface area (Å²) in [4.78, 5) is 26.7. The zero-order valence-electron chi connectivity index (χ0n) is 12.2. The van der Waals surface area contributed by atoms with E-state index in [1.807, 2.05) is 0 Å². The monoisotopic (exact) mass is 293 g/mol. The van der Waals surface area contributed by atoms with Crippen LogP contribution in [0.1, 0.15) is 0 Å². The van der Waals surface area contributed by atoms with Crippen LogP contribution in [0.15, 0.2) is 24.3 Å². The lowest BCUT2D eigenvalue weighted by molar-refractivity contribution is 0.0993. The van der Waals surface area contributed by atoms with E-state index in [1.165, 1.54) is 7.11 Å². The second-order valence-corrected chi connectivity index (χ2v) is 4.60. The van der Waals surface area contributed by atoms with Crippen LogP contribution in [0, 0.1) is 0 Å². The number of nitrogens with zero attached hydrogens (tertiary/aromatic N) is 2. The Kier molecular flexibility index (Phi) is 4.86. The summed E-state index contributed by atoms with van der Waals surface area (Å²) in [5.74, 6) is 0.736. The van der Waals surface area contributed by atoms with Gasteiger partial charge in [0.2, 0.25) is 0 Å². The Labute approximate surface area is 123 Å². The first-order chi connectivity index (χ1) is 10.1. The molecule has 0 unspecified atom stereocenters. The van der Waals surface area contributed by atoms with Crippen molar-refractivity contribution >= 4 is 17.8 Å². The minimum absolute atomic E-state index is 0.176. The molecule has 0 aromatic heterocycles. The van der Waals surface area contributed by atoms with Crippen LogP contribution in [0.3, 0.4) is 0 Å². The van der Waals surface area contributed by atoms with Gasteiger partial charge in [-0.15, -0.1) is 0 Å². The Morgan fingerprint density at radius 3 is 2.10 bits per heavy atom. The van der Waals surface area contributed by atoms with Crippen molar-refractivity contribution in [2.24, 2.45) is 0 Å². The molecule has 3 amide bonds. The number of nitrogens with one attached hydrogen (secondary N) is 1. The molecule has 114 valence electrons. The summed E-state index contributed by atoms with van der Waals surface area (Å²) in [5.41, 5.74) is 0.705. The summed E-state index contributed by atoms with van der Waals surface area (Å²) < 4.78 is 9.72. The fourth-order valence-corrected chi connectivity index (χ4v) is 2.10. The highest BCUT2D eigenvalue weighted by molar-refractivity contribution is 5.89. The number of piperazine rings is 1. The van der Waals surface area contributed by atoms with E-state index in [-0.39, 0.29) is 12.1 Å². The third-order valence-corrected chi connectivity index (χ3v) is 3.34. The lowest BCUT2D eigenvalue weighted by Gasteiger charge is -2.33. The smallest absolute Gasteiger partial charge is 0.409 e. The van der Waals surface area contributed by atoms with E-state index in [2.05, 4.69) is 10.1 Å². The maximum atomic E-state index is 12.1. The average molecular weight is 293 g/mol. The Hall–Kier alpha value is -2.44. The first-order valence-electron chi connectivity index (χ1n) is 6.67. The van der Waals surface area contributed by atoms with Crippen LogP contribution in [-0.4, -0.2) is 62.3 Å². The van der Waals surface area contributed by atoms with Gasteiger partial charge in [-0.1, -0.05) is 0 Å². The van der Waals surface area contributed by atoms with Gasteiger partial charge in [0, 0.05) is 31.9 Å². The molecule has 0 saturated carbocycles. The van der Waals surface area contributed by atoms with E-state index in [4.69, 9.17) is 4.74 Å². The van der Waals surface area contributed by atoms with Gasteiger partial charge in [-0.25, -0.2) is 9.59 Å². The van der Waals surface area contributed by atoms with Crippen LogP contribution < -0.4 is 10.1 Å². The molecular weight excluding hydrogens is 274 g/mol. The number of ether oxygens (including phenoxy) is 2. The lowest BCUT2D eigenvalue weighted by Crippen LogP contribution is -2.51. The number of hydrogen-bond donors (Lipinski definition) is 1. The maximum Gasteiger partial charge on any atom is 0.409 e. The van der Waals surface area contributed by atoms with Crippen molar-refractivity contribution in [1.29, 1.82) is 0 Å². The molecule has 1 aliphatic rings. The van der Waals surface area contributed by atoms with E-state index in [0.717, 1.165) is 5.75 Å². The highest BCUT2D eigenvalue weighted by Gasteiger charge is 2.24. The van der Waals surface area contributed by atoms with Crippen LogP contribution in [0.4, 0.5) is 15.3 Å². The predicted molar refractivity (Wildman–Crippen MR) is 77.6 cm³/mol. The minimum atomic E-state index is -0.356. The normalized spacial score (nSPS) is 14.6. The molecule has 0 atom stereocenters. The molecule has 0 spiro atoms. The number of carbonyl (C=O) groups excluding carboxylic acids is 2. The van der Waals surface area contributed by atoms with Crippen molar-refractivity contribution in [3.8, 4) is 5.75 Å². The fourth-order valence-electron chi connectivity index (χ4n) is 2.10. The van der Waals surface area contributed by atoms with Crippen LogP contribution in [-0.2, 0) is 4.74 Å². The molecule has 1 saturated heterocycles. The van der Waals surface area contributed by atoms with Gasteiger partial charge in [0.05, 0.1) is 14.2 Å². The maximum absolute atomic E-state index is 12.1. The van der Waals surface area contributed by atoms with Crippen molar-refractivity contribution in [1.82, 2.24) is 9.80 Å². The van der Waals surface area contributed by atoms with Crippen LogP contribution >= 0.6 is 0 Å². The van der Waals surface area contributed by atoms with Gasteiger partial charge in [-0.3, -0.25) is 0 Å². The summed E-state index contributed by atoms with van der Waals surface area (Å²) >= 11 is 0. The fraction of sp³-hybridized carbons (Fsp3) is 0.429. The average Bonchev–Trinajstić information content (AvgIpc) is 2.55. The second-order valence-electron chi connectivity index (χ2n) is 4.60. The highest BCUT2D eigenvalue weighted by atomic mass is 16.5. The summed E-state index contributed by atoms with van der Waals surface area (Å²) in [5, 5.41) is 2.82. The Bertz CT molecular complexity index is 495. The van der Waals surface area contributed by atoms with Crippen LogP contribution in [0.5, 0.6) is 5.75 Å². The molecular formula is C14H19N3O4. The van der Waals surface area contributed by atoms with E-state index < -0.39 is 0 Å². The topological polar surface area (TPSA) is 71.1 Å². The molecule has 2 rings (SSSR count). The second kappa shape index (κ2) is 6.83.